The van der Waals surface area contributed by atoms with Crippen LogP contribution in [0.3, 0.4) is 0 Å². The summed E-state index contributed by atoms with van der Waals surface area (Å²) in [5.74, 6) is -2.60. The fourth-order valence-electron chi connectivity index (χ4n) is 4.42. The van der Waals surface area contributed by atoms with Crippen LogP contribution in [0.25, 0.3) is 0 Å². The number of rotatable bonds is 2. The van der Waals surface area contributed by atoms with Gasteiger partial charge in [0.2, 0.25) is 17.1 Å². The lowest BCUT2D eigenvalue weighted by molar-refractivity contribution is -0.254. The van der Waals surface area contributed by atoms with Crippen LogP contribution in [-0.4, -0.2) is 16.7 Å². The second-order valence-corrected chi connectivity index (χ2v) is 6.87. The monoisotopic (exact) mass is 357 g/mol. The summed E-state index contributed by atoms with van der Waals surface area (Å²) in [5, 5.41) is 39.0. The Balaban J connectivity index is 2.06. The molecule has 4 atom stereocenters. The van der Waals surface area contributed by atoms with E-state index in [4.69, 9.17) is 14.9 Å². The zero-order valence-corrected chi connectivity index (χ0v) is 14.4. The lowest BCUT2D eigenvalue weighted by Gasteiger charge is -2.48. The molecule has 2 aliphatic rings. The van der Waals surface area contributed by atoms with E-state index >= 15 is 0 Å². The summed E-state index contributed by atoms with van der Waals surface area (Å²) < 4.78 is 11.9. The molecule has 132 valence electrons. The number of hydrogen-bond acceptors (Lipinski definition) is 6. The van der Waals surface area contributed by atoms with Crippen LogP contribution in [0.1, 0.15) is 30.2 Å². The van der Waals surface area contributed by atoms with E-state index in [0.29, 0.717) is 11.3 Å². The summed E-state index contributed by atoms with van der Waals surface area (Å²) in [6.07, 6.45) is 0.576. The molecule has 2 aliphatic heterocycles. The van der Waals surface area contributed by atoms with Gasteiger partial charge in [-0.05, 0) is 17.7 Å². The number of nitrogens with zero attached hydrogens (tertiary/aromatic N) is 3. The molecule has 7 heteroatoms. The van der Waals surface area contributed by atoms with Crippen molar-refractivity contribution in [2.75, 3.05) is 0 Å². The Hall–Kier alpha value is -3.60. The van der Waals surface area contributed by atoms with Gasteiger partial charge in [0.1, 0.15) is 6.10 Å². The highest BCUT2D eigenvalue weighted by Crippen LogP contribution is 2.69. The van der Waals surface area contributed by atoms with Crippen LogP contribution in [0.15, 0.2) is 48.7 Å². The maximum atomic E-state index is 10.3. The summed E-state index contributed by atoms with van der Waals surface area (Å²) in [7, 11) is 0. The second kappa shape index (κ2) is 5.45. The zero-order chi connectivity index (χ0) is 19.3. The first kappa shape index (κ1) is 16.8. The van der Waals surface area contributed by atoms with Gasteiger partial charge in [0.15, 0.2) is 5.41 Å². The van der Waals surface area contributed by atoms with E-state index < -0.39 is 34.5 Å². The van der Waals surface area contributed by atoms with Crippen molar-refractivity contribution in [3.63, 3.8) is 0 Å². The van der Waals surface area contributed by atoms with Gasteiger partial charge in [0, 0.05) is 18.8 Å². The van der Waals surface area contributed by atoms with Gasteiger partial charge in [-0.25, -0.2) is 0 Å². The van der Waals surface area contributed by atoms with Crippen molar-refractivity contribution in [3.05, 3.63) is 59.9 Å². The van der Waals surface area contributed by atoms with Gasteiger partial charge in [-0.3, -0.25) is 5.41 Å². The zero-order valence-electron chi connectivity index (χ0n) is 14.4. The molecule has 2 fully saturated rings. The van der Waals surface area contributed by atoms with Gasteiger partial charge in [-0.1, -0.05) is 30.3 Å². The molecule has 2 bridgehead atoms. The second-order valence-electron chi connectivity index (χ2n) is 6.87. The minimum Gasteiger partial charge on any atom is -0.447 e. The Labute approximate surface area is 155 Å². The van der Waals surface area contributed by atoms with E-state index in [9.17, 15) is 15.8 Å². The first-order valence-electron chi connectivity index (χ1n) is 8.37. The van der Waals surface area contributed by atoms with Crippen molar-refractivity contribution in [1.29, 1.82) is 21.2 Å². The molecule has 1 aromatic carbocycles. The number of ether oxygens (including phenoxy) is 2. The molecule has 2 saturated heterocycles. The molecule has 3 heterocycles. The molecule has 4 unspecified atom stereocenters. The van der Waals surface area contributed by atoms with Gasteiger partial charge in [-0.2, -0.15) is 15.8 Å². The Morgan fingerprint density at radius 2 is 1.74 bits per heavy atom. The van der Waals surface area contributed by atoms with Crippen molar-refractivity contribution in [2.24, 2.45) is 10.8 Å². The van der Waals surface area contributed by atoms with Crippen molar-refractivity contribution in [2.45, 2.75) is 24.7 Å². The van der Waals surface area contributed by atoms with E-state index in [1.807, 2.05) is 18.2 Å². The molecule has 27 heavy (non-hydrogen) atoms. The van der Waals surface area contributed by atoms with E-state index in [1.165, 1.54) is 0 Å². The average molecular weight is 357 g/mol. The van der Waals surface area contributed by atoms with Gasteiger partial charge in [0.25, 0.3) is 0 Å². The number of hydrogen-bond donors (Lipinski definition) is 2. The normalized spacial score (nSPS) is 33.3. The standard InChI is InChI=1S/C20H15N5O2/c1-18-15(13-6-3-2-4-7-13)20(12-23,17(24)27-18)19(10-21,11-22)16(26-18)14-8-5-9-25-14/h2-9,15-16,24-25H,1H3. The minimum atomic E-state index is -1.97. The maximum absolute atomic E-state index is 10.3. The van der Waals surface area contributed by atoms with Gasteiger partial charge >= 0.3 is 0 Å². The third-order valence-corrected chi connectivity index (χ3v) is 5.55. The molecular weight excluding hydrogens is 342 g/mol. The van der Waals surface area contributed by atoms with Crippen LogP contribution in [-0.2, 0) is 9.47 Å². The predicted octanol–water partition coefficient (Wildman–Crippen LogP) is 3.14. The van der Waals surface area contributed by atoms with Crippen LogP contribution in [0.4, 0.5) is 0 Å². The molecule has 2 N–H and O–H groups in total. The molecule has 0 spiro atoms. The van der Waals surface area contributed by atoms with Gasteiger partial charge < -0.3 is 14.5 Å². The van der Waals surface area contributed by atoms with Gasteiger partial charge in [0.05, 0.1) is 24.1 Å². The summed E-state index contributed by atoms with van der Waals surface area (Å²) in [4.78, 5) is 2.96. The van der Waals surface area contributed by atoms with Crippen molar-refractivity contribution in [3.8, 4) is 18.2 Å². The summed E-state index contributed by atoms with van der Waals surface area (Å²) in [6.45, 7) is 1.65. The number of aromatic amines is 1. The van der Waals surface area contributed by atoms with Crippen LogP contribution >= 0.6 is 0 Å². The Kier molecular flexibility index (Phi) is 3.40. The topological polar surface area (TPSA) is 129 Å². The molecular formula is C20H15N5O2. The number of nitrogens with one attached hydrogen (secondary N) is 2. The third kappa shape index (κ3) is 1.83. The molecule has 0 radical (unpaired) electrons. The molecule has 0 saturated carbocycles. The van der Waals surface area contributed by atoms with Crippen LogP contribution in [0.5, 0.6) is 0 Å². The van der Waals surface area contributed by atoms with E-state index in [-0.39, 0.29) is 0 Å². The number of H-pyrrole nitrogens is 1. The third-order valence-electron chi connectivity index (χ3n) is 5.55. The van der Waals surface area contributed by atoms with Crippen LogP contribution in [0.2, 0.25) is 0 Å². The molecule has 1 aromatic heterocycles. The van der Waals surface area contributed by atoms with E-state index in [2.05, 4.69) is 11.1 Å². The Morgan fingerprint density at radius 3 is 2.30 bits per heavy atom. The summed E-state index contributed by atoms with van der Waals surface area (Å²) in [5.41, 5.74) is -2.64. The van der Waals surface area contributed by atoms with E-state index in [1.54, 1.807) is 49.5 Å². The van der Waals surface area contributed by atoms with E-state index in [0.717, 1.165) is 0 Å². The van der Waals surface area contributed by atoms with Gasteiger partial charge in [-0.15, -0.1) is 0 Å². The summed E-state index contributed by atoms with van der Waals surface area (Å²) in [6, 6.07) is 18.6. The maximum Gasteiger partial charge on any atom is 0.219 e. The number of fused-ring (bicyclic) bond motifs is 2. The van der Waals surface area contributed by atoms with Crippen LogP contribution < -0.4 is 0 Å². The fourth-order valence-corrected chi connectivity index (χ4v) is 4.42. The van der Waals surface area contributed by atoms with Crippen LogP contribution in [0, 0.1) is 50.2 Å². The lowest BCUT2D eigenvalue weighted by Crippen LogP contribution is -2.57. The van der Waals surface area contributed by atoms with Crippen molar-refractivity contribution < 1.29 is 9.47 Å². The Morgan fingerprint density at radius 1 is 1.04 bits per heavy atom. The first-order chi connectivity index (χ1) is 13.0. The number of aromatic nitrogens is 1. The average Bonchev–Trinajstić information content (AvgIpc) is 3.27. The quantitative estimate of drug-likeness (QED) is 0.853. The highest BCUT2D eigenvalue weighted by Gasteiger charge is 2.79. The largest absolute Gasteiger partial charge is 0.447 e. The lowest BCUT2D eigenvalue weighted by atomic mass is 9.52. The number of nitriles is 3. The predicted molar refractivity (Wildman–Crippen MR) is 92.7 cm³/mol. The van der Waals surface area contributed by atoms with Crippen molar-refractivity contribution in [1.82, 2.24) is 4.98 Å². The Bertz CT molecular complexity index is 1010. The molecule has 4 rings (SSSR count). The molecule has 0 amide bonds. The highest BCUT2D eigenvalue weighted by molar-refractivity contribution is 5.90. The summed E-state index contributed by atoms with van der Waals surface area (Å²) >= 11 is 0. The molecule has 7 nitrogen and oxygen atoms in total. The number of benzene rings is 1. The smallest absolute Gasteiger partial charge is 0.219 e. The minimum absolute atomic E-state index is 0.418. The molecule has 0 aliphatic carbocycles. The SMILES string of the molecule is CC12OC(=N)C(C#N)(C1c1ccccc1)C(C#N)(C#N)C(c1ccc[nH]1)O2. The highest BCUT2D eigenvalue weighted by atomic mass is 16.7. The fraction of sp³-hybridized carbons (Fsp3) is 0.300. The van der Waals surface area contributed by atoms with Crippen molar-refractivity contribution >= 4 is 5.90 Å². The molecule has 2 aromatic rings. The first-order valence-corrected chi connectivity index (χ1v) is 8.37.